The van der Waals surface area contributed by atoms with E-state index in [1.54, 1.807) is 26.0 Å². The zero-order valence-electron chi connectivity index (χ0n) is 32.0. The summed E-state index contributed by atoms with van der Waals surface area (Å²) in [5, 5.41) is 44.2. The Hall–Kier alpha value is -5.08. The fraction of sp³-hybridized carbons (Fsp3) is 0.455. The van der Waals surface area contributed by atoms with Crippen molar-refractivity contribution in [1.29, 1.82) is 0 Å². The van der Waals surface area contributed by atoms with E-state index in [4.69, 9.17) is 14.2 Å². The van der Waals surface area contributed by atoms with Gasteiger partial charge >= 0.3 is 0 Å². The molecule has 13 heteroatoms. The summed E-state index contributed by atoms with van der Waals surface area (Å²) in [4.78, 5) is 78.6. The number of benzene rings is 3. The minimum Gasteiger partial charge on any atom is -0.507 e. The van der Waals surface area contributed by atoms with Crippen LogP contribution in [0, 0.1) is 17.8 Å². The second-order valence-corrected chi connectivity index (χ2v) is 15.8. The van der Waals surface area contributed by atoms with Gasteiger partial charge in [0.25, 0.3) is 0 Å². The number of fused-ring (bicyclic) bond motifs is 3. The van der Waals surface area contributed by atoms with Crippen molar-refractivity contribution in [3.05, 3.63) is 87.0 Å². The van der Waals surface area contributed by atoms with Crippen LogP contribution in [0.4, 0.5) is 0 Å². The standard InChI is InChI=1S/C44H46O13/c1-20-14-29(47)34(39(20)49)23-12-10-22(11-13-23)6-4-7-26(46)15-25-18-33(56-21(2)40(25)50)57-32-17-24(30(48)19-45)16-28-36(32)44(54)38-37(42(28)52)41(51)27-8-5-9-31(55-3)35(27)43(38)53/h5,8-13,20-21,24-25,32-34,40,45,50,52,54H,4,6-7,14-19H2,1-3H3/t20-,21+,24+,25+,32+,33+,34+,40-/m1/s1. The smallest absolute Gasteiger partial charge is 0.202 e. The summed E-state index contributed by atoms with van der Waals surface area (Å²) in [6.07, 6.45) is -2.45. The van der Waals surface area contributed by atoms with Gasteiger partial charge in [-0.05, 0) is 55.7 Å². The Labute approximate surface area is 328 Å². The number of ether oxygens (including phenoxy) is 3. The van der Waals surface area contributed by atoms with E-state index >= 15 is 0 Å². The molecule has 2 fully saturated rings. The van der Waals surface area contributed by atoms with Gasteiger partial charge in [-0.15, -0.1) is 0 Å². The Morgan fingerprint density at radius 3 is 2.28 bits per heavy atom. The number of Topliss-reactive ketones (excluding diaryl/α,β-unsaturated/α-hetero) is 4. The lowest BCUT2D eigenvalue weighted by Gasteiger charge is -2.41. The summed E-state index contributed by atoms with van der Waals surface area (Å²) in [6, 6.07) is 11.8. The summed E-state index contributed by atoms with van der Waals surface area (Å²) in [5.74, 6) is -5.70. The molecule has 4 aliphatic rings. The third-order valence-corrected chi connectivity index (χ3v) is 12.1. The summed E-state index contributed by atoms with van der Waals surface area (Å²) in [5.41, 5.74) is 0.771. The Morgan fingerprint density at radius 1 is 0.895 bits per heavy atom. The first-order valence-electron chi connectivity index (χ1n) is 19.4. The average molecular weight is 783 g/mol. The first-order valence-corrected chi connectivity index (χ1v) is 19.4. The van der Waals surface area contributed by atoms with Gasteiger partial charge in [0.15, 0.2) is 23.6 Å². The molecule has 7 rings (SSSR count). The van der Waals surface area contributed by atoms with Crippen LogP contribution < -0.4 is 4.74 Å². The molecule has 3 aromatic carbocycles. The number of aliphatic hydroxyl groups is 2. The zero-order chi connectivity index (χ0) is 40.9. The van der Waals surface area contributed by atoms with Crippen molar-refractivity contribution in [2.75, 3.05) is 13.7 Å². The number of methoxy groups -OCH3 is 1. The normalized spacial score (nSPS) is 26.8. The Kier molecular flexibility index (Phi) is 11.3. The van der Waals surface area contributed by atoms with Gasteiger partial charge in [0.2, 0.25) is 5.78 Å². The topological polar surface area (TPSA) is 211 Å². The van der Waals surface area contributed by atoms with E-state index in [9.17, 15) is 49.2 Å². The molecule has 0 amide bonds. The predicted octanol–water partition coefficient (Wildman–Crippen LogP) is 4.42. The molecule has 1 heterocycles. The Morgan fingerprint density at radius 2 is 1.61 bits per heavy atom. The maximum Gasteiger partial charge on any atom is 0.202 e. The second-order valence-electron chi connectivity index (χ2n) is 15.8. The van der Waals surface area contributed by atoms with Crippen molar-refractivity contribution in [2.45, 2.75) is 95.7 Å². The summed E-state index contributed by atoms with van der Waals surface area (Å²) >= 11 is 0. The zero-order valence-corrected chi connectivity index (χ0v) is 32.0. The largest absolute Gasteiger partial charge is 0.507 e. The van der Waals surface area contributed by atoms with E-state index in [0.717, 1.165) is 5.56 Å². The fourth-order valence-electron chi connectivity index (χ4n) is 9.07. The lowest BCUT2D eigenvalue weighted by atomic mass is 9.73. The van der Waals surface area contributed by atoms with Crippen molar-refractivity contribution in [3.8, 4) is 17.2 Å². The van der Waals surface area contributed by atoms with Gasteiger partial charge in [-0.3, -0.25) is 28.8 Å². The van der Waals surface area contributed by atoms with Crippen molar-refractivity contribution >= 4 is 34.7 Å². The number of aryl methyl sites for hydroxylation is 1. The molecule has 3 aliphatic carbocycles. The van der Waals surface area contributed by atoms with Gasteiger partial charge in [0, 0.05) is 54.2 Å². The molecular formula is C44H46O13. The molecule has 57 heavy (non-hydrogen) atoms. The second kappa shape index (κ2) is 16.0. The van der Waals surface area contributed by atoms with Gasteiger partial charge in [-0.2, -0.15) is 0 Å². The molecule has 4 N–H and O–H groups in total. The van der Waals surface area contributed by atoms with E-state index in [2.05, 4.69) is 0 Å². The minimum atomic E-state index is -1.16. The molecule has 3 aromatic rings. The molecule has 1 saturated carbocycles. The number of carbonyl (C=O) groups is 6. The van der Waals surface area contributed by atoms with Crippen molar-refractivity contribution in [2.24, 2.45) is 17.8 Å². The molecule has 13 nitrogen and oxygen atoms in total. The first-order chi connectivity index (χ1) is 27.2. The molecular weight excluding hydrogens is 736 g/mol. The van der Waals surface area contributed by atoms with Crippen LogP contribution in [-0.4, -0.2) is 87.3 Å². The number of rotatable bonds is 12. The average Bonchev–Trinajstić information content (AvgIpc) is 3.45. The van der Waals surface area contributed by atoms with Crippen LogP contribution in [0.1, 0.15) is 118 Å². The maximum absolute atomic E-state index is 13.9. The summed E-state index contributed by atoms with van der Waals surface area (Å²) in [6.45, 7) is 2.61. The number of aromatic hydroxyl groups is 2. The van der Waals surface area contributed by atoms with Crippen LogP contribution >= 0.6 is 0 Å². The van der Waals surface area contributed by atoms with Gasteiger partial charge < -0.3 is 34.6 Å². The summed E-state index contributed by atoms with van der Waals surface area (Å²) < 4.78 is 17.8. The van der Waals surface area contributed by atoms with Crippen molar-refractivity contribution in [1.82, 2.24) is 0 Å². The number of hydrogen-bond donors (Lipinski definition) is 4. The van der Waals surface area contributed by atoms with Crippen LogP contribution in [0.3, 0.4) is 0 Å². The first kappa shape index (κ1) is 40.1. The minimum absolute atomic E-state index is 0.00627. The number of phenols is 2. The van der Waals surface area contributed by atoms with Crippen LogP contribution in [0.5, 0.6) is 17.2 Å². The highest BCUT2D eigenvalue weighted by atomic mass is 16.7. The molecule has 0 bridgehead atoms. The quantitative estimate of drug-likeness (QED) is 0.116. The number of ketones is 6. The third kappa shape index (κ3) is 7.33. The van der Waals surface area contributed by atoms with Gasteiger partial charge in [0.1, 0.15) is 41.3 Å². The molecule has 1 saturated heterocycles. The summed E-state index contributed by atoms with van der Waals surface area (Å²) in [7, 11) is 1.34. The van der Waals surface area contributed by atoms with Crippen LogP contribution in [0.2, 0.25) is 0 Å². The van der Waals surface area contributed by atoms with Gasteiger partial charge in [0.05, 0.1) is 42.1 Å². The highest BCUT2D eigenvalue weighted by molar-refractivity contribution is 6.31. The predicted molar refractivity (Wildman–Crippen MR) is 201 cm³/mol. The number of carbonyl (C=O) groups excluding carboxylic acids is 6. The lowest BCUT2D eigenvalue weighted by Crippen LogP contribution is -2.46. The van der Waals surface area contributed by atoms with Gasteiger partial charge in [-0.25, -0.2) is 0 Å². The molecule has 1 aliphatic heterocycles. The van der Waals surface area contributed by atoms with Gasteiger partial charge in [-0.1, -0.05) is 43.3 Å². The molecule has 0 aromatic heterocycles. The van der Waals surface area contributed by atoms with Crippen molar-refractivity contribution in [3.63, 3.8) is 0 Å². The number of phenolic OH excluding ortho intramolecular Hbond substituents is 2. The van der Waals surface area contributed by atoms with E-state index in [1.807, 2.05) is 12.1 Å². The van der Waals surface area contributed by atoms with Crippen molar-refractivity contribution < 1.29 is 63.4 Å². The highest BCUT2D eigenvalue weighted by Crippen LogP contribution is 2.52. The monoisotopic (exact) mass is 782 g/mol. The molecule has 0 spiro atoms. The fourth-order valence-corrected chi connectivity index (χ4v) is 9.07. The Balaban J connectivity index is 1.07. The third-order valence-electron chi connectivity index (χ3n) is 12.1. The van der Waals surface area contributed by atoms with E-state index in [-0.39, 0.29) is 89.8 Å². The number of aliphatic hydroxyl groups excluding tert-OH is 2. The maximum atomic E-state index is 13.9. The van der Waals surface area contributed by atoms with E-state index in [1.165, 1.54) is 25.3 Å². The number of hydrogen-bond acceptors (Lipinski definition) is 13. The SMILES string of the molecule is COc1cccc2c1C(=O)c1c(O)c3c(c(O)c1C2=O)C[C@H](C(=O)CO)C[C@@H]3O[C@H]1C[C@H](CC(=O)CCCc2ccc([C@H]3C(=O)C[C@@H](C)C3=O)cc2)[C@H](O)[C@H](C)O1. The molecule has 8 atom stereocenters. The van der Waals surface area contributed by atoms with Crippen LogP contribution in [0.25, 0.3) is 0 Å². The van der Waals surface area contributed by atoms with E-state index < -0.39 is 88.9 Å². The van der Waals surface area contributed by atoms with Crippen LogP contribution in [-0.2, 0) is 41.5 Å². The lowest BCUT2D eigenvalue weighted by molar-refractivity contribution is -0.253. The highest BCUT2D eigenvalue weighted by Gasteiger charge is 2.46. The molecule has 0 radical (unpaired) electrons. The Bertz CT molecular complexity index is 2150. The molecule has 0 unspecified atom stereocenters. The van der Waals surface area contributed by atoms with Crippen LogP contribution in [0.15, 0.2) is 42.5 Å². The molecule has 300 valence electrons. The van der Waals surface area contributed by atoms with E-state index in [0.29, 0.717) is 18.4 Å².